The number of carboxylic acid groups (broad SMARTS) is 1. The lowest BCUT2D eigenvalue weighted by atomic mass is 10.3. The Hall–Kier alpha value is -1.83. The van der Waals surface area contributed by atoms with Crippen molar-refractivity contribution in [3.05, 3.63) is 0 Å². The normalized spacial score (nSPS) is 13.4. The number of amides is 3. The molecule has 0 aliphatic carbocycles. The largest absolute Gasteiger partial charge is 0.480 e. The minimum Gasteiger partial charge on any atom is -0.480 e. The number of aliphatic hydroxyl groups is 1. The van der Waals surface area contributed by atoms with E-state index in [0.29, 0.717) is 0 Å². The van der Waals surface area contributed by atoms with Crippen molar-refractivity contribution in [2.45, 2.75) is 19.0 Å². The summed E-state index contributed by atoms with van der Waals surface area (Å²) in [5.74, 6) is -1.77. The van der Waals surface area contributed by atoms with Crippen LogP contribution in [0.15, 0.2) is 0 Å². The predicted molar refractivity (Wildman–Crippen MR) is 53.7 cm³/mol. The molecule has 0 heterocycles. The minimum atomic E-state index is -1.39. The van der Waals surface area contributed by atoms with Gasteiger partial charge in [0, 0.05) is 7.05 Å². The molecule has 2 atom stereocenters. The van der Waals surface area contributed by atoms with Gasteiger partial charge in [0.1, 0.15) is 6.04 Å². The number of carboxylic acids is 1. The number of carbonyl (C=O) groups excluding carboxylic acids is 2. The Morgan fingerprint density at radius 1 is 1.25 bits per heavy atom. The monoisotopic (exact) mass is 233 g/mol. The number of rotatable bonds is 5. The lowest BCUT2D eigenvalue weighted by Gasteiger charge is -2.15. The number of aliphatic hydroxyl groups excluding tert-OH is 1. The molecule has 0 aromatic rings. The first kappa shape index (κ1) is 14.2. The first-order chi connectivity index (χ1) is 7.42. The van der Waals surface area contributed by atoms with Crippen molar-refractivity contribution in [1.29, 1.82) is 0 Å². The molecule has 16 heavy (non-hydrogen) atoms. The molecule has 8 nitrogen and oxygen atoms in total. The van der Waals surface area contributed by atoms with E-state index in [-0.39, 0.29) is 0 Å². The van der Waals surface area contributed by atoms with Gasteiger partial charge in [-0.1, -0.05) is 0 Å². The third-order valence-electron chi connectivity index (χ3n) is 1.77. The highest BCUT2D eigenvalue weighted by Gasteiger charge is 2.20. The second kappa shape index (κ2) is 6.62. The highest BCUT2D eigenvalue weighted by molar-refractivity contribution is 5.88. The van der Waals surface area contributed by atoms with E-state index in [1.165, 1.54) is 14.0 Å². The first-order valence-electron chi connectivity index (χ1n) is 4.54. The van der Waals surface area contributed by atoms with Gasteiger partial charge in [0.2, 0.25) is 5.91 Å². The Balaban J connectivity index is 4.17. The number of hydrogen-bond donors (Lipinski definition) is 5. The summed E-state index contributed by atoms with van der Waals surface area (Å²) in [6, 6.07) is -3.02. The fraction of sp³-hybridized carbons (Fsp3) is 0.625. The van der Waals surface area contributed by atoms with Crippen LogP contribution in [0.5, 0.6) is 0 Å². The van der Waals surface area contributed by atoms with E-state index in [4.69, 9.17) is 10.2 Å². The fourth-order valence-electron chi connectivity index (χ4n) is 0.864. The molecule has 0 aromatic heterocycles. The average Bonchev–Trinajstić information content (AvgIpc) is 2.23. The van der Waals surface area contributed by atoms with Crippen molar-refractivity contribution in [3.63, 3.8) is 0 Å². The van der Waals surface area contributed by atoms with Crippen molar-refractivity contribution >= 4 is 17.9 Å². The maximum absolute atomic E-state index is 11.2. The standard InChI is InChI=1S/C8H15N3O5/c1-4(6(13)9-2)10-8(16)11-5(3-12)7(14)15/h4-5,12H,3H2,1-2H3,(H,9,13)(H,14,15)(H2,10,11,16)/t4?,5-/m0/s1. The second-order valence-corrected chi connectivity index (χ2v) is 3.03. The summed E-state index contributed by atoms with van der Waals surface area (Å²) in [5, 5.41) is 23.7. The summed E-state index contributed by atoms with van der Waals surface area (Å²) in [4.78, 5) is 32.6. The third-order valence-corrected chi connectivity index (χ3v) is 1.77. The maximum Gasteiger partial charge on any atom is 0.328 e. The molecule has 92 valence electrons. The lowest BCUT2D eigenvalue weighted by Crippen LogP contribution is -2.52. The topological polar surface area (TPSA) is 128 Å². The van der Waals surface area contributed by atoms with Crippen molar-refractivity contribution in [2.75, 3.05) is 13.7 Å². The molecule has 0 rings (SSSR count). The number of urea groups is 1. The summed E-state index contributed by atoms with van der Waals surface area (Å²) < 4.78 is 0. The zero-order valence-corrected chi connectivity index (χ0v) is 8.98. The molecule has 0 saturated heterocycles. The second-order valence-electron chi connectivity index (χ2n) is 3.03. The molecule has 0 spiro atoms. The van der Waals surface area contributed by atoms with E-state index in [1.807, 2.05) is 5.32 Å². The van der Waals surface area contributed by atoms with Crippen LogP contribution in [0.25, 0.3) is 0 Å². The summed E-state index contributed by atoms with van der Waals surface area (Å²) in [5.41, 5.74) is 0. The highest BCUT2D eigenvalue weighted by Crippen LogP contribution is 1.85. The van der Waals surface area contributed by atoms with Crippen LogP contribution in [0, 0.1) is 0 Å². The molecule has 0 bridgehead atoms. The maximum atomic E-state index is 11.2. The molecule has 0 radical (unpaired) electrons. The van der Waals surface area contributed by atoms with Gasteiger partial charge in [-0.05, 0) is 6.92 Å². The van der Waals surface area contributed by atoms with Gasteiger partial charge in [0.15, 0.2) is 6.04 Å². The molecule has 1 unspecified atom stereocenters. The van der Waals surface area contributed by atoms with Crippen LogP contribution in [0.3, 0.4) is 0 Å². The quantitative estimate of drug-likeness (QED) is 0.370. The van der Waals surface area contributed by atoms with Crippen molar-refractivity contribution in [2.24, 2.45) is 0 Å². The number of hydrogen-bond acceptors (Lipinski definition) is 4. The number of likely N-dealkylation sites (N-methyl/N-ethyl adjacent to an activating group) is 1. The van der Waals surface area contributed by atoms with Gasteiger partial charge in [0.25, 0.3) is 0 Å². The van der Waals surface area contributed by atoms with E-state index in [9.17, 15) is 14.4 Å². The van der Waals surface area contributed by atoms with Crippen LogP contribution >= 0.6 is 0 Å². The highest BCUT2D eigenvalue weighted by atomic mass is 16.4. The van der Waals surface area contributed by atoms with E-state index in [1.54, 1.807) is 0 Å². The summed E-state index contributed by atoms with van der Waals surface area (Å²) in [6.45, 7) is 0.713. The van der Waals surface area contributed by atoms with Crippen LogP contribution < -0.4 is 16.0 Å². The van der Waals surface area contributed by atoms with Gasteiger partial charge in [-0.25, -0.2) is 9.59 Å². The third kappa shape index (κ3) is 4.60. The SMILES string of the molecule is CNC(=O)C(C)NC(=O)N[C@@H](CO)C(=O)O. The smallest absolute Gasteiger partial charge is 0.328 e. The van der Waals surface area contributed by atoms with Crippen LogP contribution in [-0.2, 0) is 9.59 Å². The van der Waals surface area contributed by atoms with Crippen LogP contribution in [0.4, 0.5) is 4.79 Å². The van der Waals surface area contributed by atoms with E-state index >= 15 is 0 Å². The summed E-state index contributed by atoms with van der Waals surface area (Å²) in [7, 11) is 1.41. The van der Waals surface area contributed by atoms with Crippen molar-refractivity contribution in [1.82, 2.24) is 16.0 Å². The zero-order valence-electron chi connectivity index (χ0n) is 8.98. The molecule has 0 fully saturated rings. The van der Waals surface area contributed by atoms with Crippen LogP contribution in [0.1, 0.15) is 6.92 Å². The van der Waals surface area contributed by atoms with Crippen molar-refractivity contribution < 1.29 is 24.6 Å². The van der Waals surface area contributed by atoms with Gasteiger partial charge in [0.05, 0.1) is 6.61 Å². The summed E-state index contributed by atoms with van der Waals surface area (Å²) in [6.07, 6.45) is 0. The molecular formula is C8H15N3O5. The summed E-state index contributed by atoms with van der Waals surface area (Å²) >= 11 is 0. The molecule has 3 amide bonds. The Morgan fingerprint density at radius 2 is 1.81 bits per heavy atom. The molecule has 0 aromatic carbocycles. The van der Waals surface area contributed by atoms with Gasteiger partial charge in [-0.15, -0.1) is 0 Å². The van der Waals surface area contributed by atoms with E-state index < -0.39 is 36.6 Å². The molecule has 0 saturated carbocycles. The van der Waals surface area contributed by atoms with Gasteiger partial charge in [-0.2, -0.15) is 0 Å². The molecule has 0 aliphatic heterocycles. The Bertz CT molecular complexity index is 281. The molecule has 0 aliphatic rings. The van der Waals surface area contributed by atoms with Gasteiger partial charge in [-0.3, -0.25) is 4.79 Å². The zero-order chi connectivity index (χ0) is 12.7. The first-order valence-corrected chi connectivity index (χ1v) is 4.54. The molecular weight excluding hydrogens is 218 g/mol. The predicted octanol–water partition coefficient (Wildman–Crippen LogP) is -2.13. The Morgan fingerprint density at radius 3 is 2.19 bits per heavy atom. The number of aliphatic carboxylic acids is 1. The molecule has 8 heteroatoms. The lowest BCUT2D eigenvalue weighted by molar-refractivity contribution is -0.140. The fourth-order valence-corrected chi connectivity index (χ4v) is 0.864. The van der Waals surface area contributed by atoms with Gasteiger partial charge < -0.3 is 26.2 Å². The molecule has 5 N–H and O–H groups in total. The van der Waals surface area contributed by atoms with Crippen LogP contribution in [0.2, 0.25) is 0 Å². The number of carbonyl (C=O) groups is 3. The average molecular weight is 233 g/mol. The number of nitrogens with one attached hydrogen (secondary N) is 3. The van der Waals surface area contributed by atoms with Gasteiger partial charge >= 0.3 is 12.0 Å². The van der Waals surface area contributed by atoms with E-state index in [0.717, 1.165) is 0 Å². The van der Waals surface area contributed by atoms with Crippen LogP contribution in [-0.4, -0.2) is 53.9 Å². The minimum absolute atomic E-state index is 0.411. The van der Waals surface area contributed by atoms with E-state index in [2.05, 4.69) is 10.6 Å². The Kier molecular flexibility index (Phi) is 5.86. The Labute approximate surface area is 92.0 Å². The van der Waals surface area contributed by atoms with Crippen molar-refractivity contribution in [3.8, 4) is 0 Å².